The topological polar surface area (TPSA) is 54.9 Å². The maximum absolute atomic E-state index is 13.4. The molecule has 0 spiro atoms. The van der Waals surface area contributed by atoms with Crippen molar-refractivity contribution in [3.63, 3.8) is 0 Å². The van der Waals surface area contributed by atoms with Gasteiger partial charge in [0.1, 0.15) is 0 Å². The Kier molecular flexibility index (Phi) is 3.36. The second-order valence-corrected chi connectivity index (χ2v) is 6.01. The van der Waals surface area contributed by atoms with Crippen molar-refractivity contribution < 1.29 is 4.39 Å². The Morgan fingerprint density at radius 3 is 2.44 bits per heavy atom. The fourth-order valence-corrected chi connectivity index (χ4v) is 2.64. The van der Waals surface area contributed by atoms with E-state index in [9.17, 15) is 14.0 Å². The van der Waals surface area contributed by atoms with Gasteiger partial charge in [0.25, 0.3) is 5.56 Å². The third-order valence-electron chi connectivity index (χ3n) is 3.71. The van der Waals surface area contributed by atoms with Crippen molar-refractivity contribution in [2.75, 3.05) is 0 Å². The molecule has 1 heterocycles. The summed E-state index contributed by atoms with van der Waals surface area (Å²) in [6.45, 7) is 4.30. The van der Waals surface area contributed by atoms with Gasteiger partial charge in [-0.3, -0.25) is 14.3 Å². The predicted octanol–water partition coefficient (Wildman–Crippen LogP) is 2.47. The van der Waals surface area contributed by atoms with Gasteiger partial charge >= 0.3 is 5.69 Å². The van der Waals surface area contributed by atoms with Gasteiger partial charge in [0.2, 0.25) is 5.82 Å². The third kappa shape index (κ3) is 2.36. The van der Waals surface area contributed by atoms with Crippen molar-refractivity contribution in [1.82, 2.24) is 9.55 Å². The number of hydrogen-bond donors (Lipinski definition) is 1. The molecule has 0 amide bonds. The summed E-state index contributed by atoms with van der Waals surface area (Å²) in [5.41, 5.74) is -1.33. The van der Waals surface area contributed by atoms with Crippen LogP contribution in [0, 0.1) is 11.2 Å². The lowest BCUT2D eigenvalue weighted by Crippen LogP contribution is -2.41. The van der Waals surface area contributed by atoms with E-state index in [1.807, 2.05) is 0 Å². The minimum absolute atomic E-state index is 0.220. The molecule has 6 heteroatoms. The molecule has 0 aromatic carbocycles. The van der Waals surface area contributed by atoms with Gasteiger partial charge in [-0.1, -0.05) is 25.4 Å². The number of rotatable bonds is 1. The molecule has 0 saturated heterocycles. The van der Waals surface area contributed by atoms with Crippen LogP contribution in [-0.2, 0) is 0 Å². The Balaban J connectivity index is 2.39. The molecule has 1 N–H and O–H groups in total. The van der Waals surface area contributed by atoms with Crippen LogP contribution >= 0.6 is 11.6 Å². The molecule has 0 radical (unpaired) electrons. The fraction of sp³-hybridized carbons (Fsp3) is 0.667. The Morgan fingerprint density at radius 2 is 1.89 bits per heavy atom. The molecule has 1 aliphatic rings. The van der Waals surface area contributed by atoms with Crippen LogP contribution in [0.2, 0.25) is 5.15 Å². The summed E-state index contributed by atoms with van der Waals surface area (Å²) >= 11 is 5.43. The Morgan fingerprint density at radius 1 is 1.33 bits per heavy atom. The zero-order valence-corrected chi connectivity index (χ0v) is 11.2. The Bertz CT molecular complexity index is 566. The first-order chi connectivity index (χ1) is 8.32. The van der Waals surface area contributed by atoms with E-state index >= 15 is 0 Å². The number of nitrogens with one attached hydrogen (secondary N) is 1. The standard InChI is InChI=1S/C12H16ClFN2O2/c1-12(2)5-3-7(4-6-12)16-10(17)8(14)9(13)15-11(16)18/h7H,3-6H2,1-2H3,(H,15,18). The van der Waals surface area contributed by atoms with Crippen LogP contribution in [0.15, 0.2) is 9.59 Å². The number of aromatic nitrogens is 2. The van der Waals surface area contributed by atoms with Crippen molar-refractivity contribution in [2.24, 2.45) is 5.41 Å². The summed E-state index contributed by atoms with van der Waals surface area (Å²) in [6.07, 6.45) is 3.23. The zero-order chi connectivity index (χ0) is 13.5. The van der Waals surface area contributed by atoms with Crippen LogP contribution in [0.5, 0.6) is 0 Å². The monoisotopic (exact) mass is 274 g/mol. The van der Waals surface area contributed by atoms with Gasteiger partial charge in [0.15, 0.2) is 5.15 Å². The van der Waals surface area contributed by atoms with Crippen molar-refractivity contribution in [3.8, 4) is 0 Å². The molecule has 4 nitrogen and oxygen atoms in total. The Hall–Kier alpha value is -1.10. The van der Waals surface area contributed by atoms with Gasteiger partial charge in [0, 0.05) is 6.04 Å². The highest BCUT2D eigenvalue weighted by atomic mass is 35.5. The quantitative estimate of drug-likeness (QED) is 0.800. The molecule has 1 aromatic heterocycles. The van der Waals surface area contributed by atoms with Crippen molar-refractivity contribution in [3.05, 3.63) is 31.8 Å². The second-order valence-electron chi connectivity index (χ2n) is 5.63. The van der Waals surface area contributed by atoms with Crippen molar-refractivity contribution in [1.29, 1.82) is 0 Å². The third-order valence-corrected chi connectivity index (χ3v) is 3.97. The number of H-pyrrole nitrogens is 1. The molecule has 1 fully saturated rings. The molecule has 1 aromatic rings. The van der Waals surface area contributed by atoms with Crippen LogP contribution in [0.25, 0.3) is 0 Å². The molecule has 1 saturated carbocycles. The van der Waals surface area contributed by atoms with E-state index in [1.165, 1.54) is 0 Å². The van der Waals surface area contributed by atoms with Gasteiger partial charge in [-0.15, -0.1) is 0 Å². The molecule has 0 unspecified atom stereocenters. The second kappa shape index (κ2) is 4.53. The minimum Gasteiger partial charge on any atom is -0.295 e. The van der Waals surface area contributed by atoms with E-state index in [2.05, 4.69) is 18.8 Å². The van der Waals surface area contributed by atoms with E-state index in [1.54, 1.807) is 0 Å². The van der Waals surface area contributed by atoms with Crippen LogP contribution in [0.1, 0.15) is 45.6 Å². The molecule has 1 aliphatic carbocycles. The van der Waals surface area contributed by atoms with Gasteiger partial charge in [-0.2, -0.15) is 4.39 Å². The van der Waals surface area contributed by atoms with E-state index in [4.69, 9.17) is 11.6 Å². The summed E-state index contributed by atoms with van der Waals surface area (Å²) in [6, 6.07) is -0.235. The molecule has 18 heavy (non-hydrogen) atoms. The van der Waals surface area contributed by atoms with E-state index in [0.29, 0.717) is 12.8 Å². The normalized spacial score (nSPS) is 20.0. The number of aromatic amines is 1. The van der Waals surface area contributed by atoms with Crippen LogP contribution in [0.3, 0.4) is 0 Å². The predicted molar refractivity (Wildman–Crippen MR) is 67.6 cm³/mol. The maximum Gasteiger partial charge on any atom is 0.329 e. The molecular formula is C12H16ClFN2O2. The van der Waals surface area contributed by atoms with Crippen molar-refractivity contribution >= 4 is 11.6 Å². The molecule has 2 rings (SSSR count). The number of hydrogen-bond acceptors (Lipinski definition) is 2. The van der Waals surface area contributed by atoms with Gasteiger partial charge in [-0.25, -0.2) is 4.79 Å². The van der Waals surface area contributed by atoms with Crippen LogP contribution in [0.4, 0.5) is 4.39 Å². The lowest BCUT2D eigenvalue weighted by atomic mass is 9.75. The van der Waals surface area contributed by atoms with Crippen molar-refractivity contribution in [2.45, 2.75) is 45.6 Å². The Labute approximate surface area is 109 Å². The van der Waals surface area contributed by atoms with Crippen LogP contribution < -0.4 is 11.2 Å². The molecule has 0 atom stereocenters. The summed E-state index contributed by atoms with van der Waals surface area (Å²) < 4.78 is 14.4. The molecule has 100 valence electrons. The van der Waals surface area contributed by atoms with Crippen LogP contribution in [-0.4, -0.2) is 9.55 Å². The largest absolute Gasteiger partial charge is 0.329 e. The lowest BCUT2D eigenvalue weighted by Gasteiger charge is -2.34. The number of nitrogens with zero attached hydrogens (tertiary/aromatic N) is 1. The van der Waals surface area contributed by atoms with Gasteiger partial charge in [0.05, 0.1) is 0 Å². The maximum atomic E-state index is 13.4. The molecule has 0 aliphatic heterocycles. The summed E-state index contributed by atoms with van der Waals surface area (Å²) in [5.74, 6) is -1.08. The summed E-state index contributed by atoms with van der Waals surface area (Å²) in [4.78, 5) is 25.6. The SMILES string of the molecule is CC1(C)CCC(n2c(=O)[nH]c(Cl)c(F)c2=O)CC1. The highest BCUT2D eigenvalue weighted by Gasteiger charge is 2.30. The summed E-state index contributed by atoms with van der Waals surface area (Å²) in [5, 5.41) is -0.516. The smallest absolute Gasteiger partial charge is 0.295 e. The summed E-state index contributed by atoms with van der Waals surface area (Å²) in [7, 11) is 0. The van der Waals surface area contributed by atoms with E-state index < -0.39 is 22.2 Å². The fourth-order valence-electron chi connectivity index (χ4n) is 2.47. The lowest BCUT2D eigenvalue weighted by molar-refractivity contribution is 0.187. The molecular weight excluding hydrogens is 259 g/mol. The van der Waals surface area contributed by atoms with E-state index in [-0.39, 0.29) is 11.5 Å². The van der Waals surface area contributed by atoms with Gasteiger partial charge < -0.3 is 0 Å². The first kappa shape index (κ1) is 13.3. The first-order valence-electron chi connectivity index (χ1n) is 6.02. The first-order valence-corrected chi connectivity index (χ1v) is 6.39. The highest BCUT2D eigenvalue weighted by molar-refractivity contribution is 6.29. The van der Waals surface area contributed by atoms with Gasteiger partial charge in [-0.05, 0) is 31.1 Å². The average Bonchev–Trinajstić information content (AvgIpc) is 2.28. The zero-order valence-electron chi connectivity index (χ0n) is 10.4. The average molecular weight is 275 g/mol. The minimum atomic E-state index is -1.08. The highest BCUT2D eigenvalue weighted by Crippen LogP contribution is 2.39. The number of halogens is 2. The van der Waals surface area contributed by atoms with E-state index in [0.717, 1.165) is 17.4 Å². The molecule has 0 bridgehead atoms.